The van der Waals surface area contributed by atoms with Crippen molar-refractivity contribution >= 4 is 40.1 Å². The summed E-state index contributed by atoms with van der Waals surface area (Å²) in [6, 6.07) is 13.1. The maximum absolute atomic E-state index is 10.3. The molecule has 11 nitrogen and oxygen atoms in total. The van der Waals surface area contributed by atoms with Crippen LogP contribution in [0.1, 0.15) is 35.3 Å². The third-order valence-electron chi connectivity index (χ3n) is 6.75. The quantitative estimate of drug-likeness (QED) is 0.233. The van der Waals surface area contributed by atoms with Gasteiger partial charge in [-0.05, 0) is 60.7 Å². The van der Waals surface area contributed by atoms with E-state index in [0.717, 1.165) is 58.0 Å². The molecule has 0 saturated carbocycles. The van der Waals surface area contributed by atoms with Crippen molar-refractivity contribution in [1.29, 1.82) is 0 Å². The van der Waals surface area contributed by atoms with Crippen molar-refractivity contribution in [3.8, 4) is 0 Å². The summed E-state index contributed by atoms with van der Waals surface area (Å²) in [7, 11) is 0. The van der Waals surface area contributed by atoms with Gasteiger partial charge in [0.1, 0.15) is 0 Å². The number of morpholine rings is 1. The number of aryl methyl sites for hydroxylation is 1. The molecule has 1 aromatic carbocycles. The minimum absolute atomic E-state index is 0.878. The van der Waals surface area contributed by atoms with Crippen LogP contribution >= 0.6 is 11.3 Å². The zero-order valence-corrected chi connectivity index (χ0v) is 23.9. The lowest BCUT2D eigenvalue weighted by atomic mass is 9.96. The van der Waals surface area contributed by atoms with Crippen LogP contribution in [0, 0.1) is 6.92 Å². The van der Waals surface area contributed by atoms with Crippen molar-refractivity contribution in [2.24, 2.45) is 0 Å². The van der Waals surface area contributed by atoms with Gasteiger partial charge < -0.3 is 25.2 Å². The van der Waals surface area contributed by atoms with Gasteiger partial charge in [0.05, 0.1) is 31.6 Å². The van der Waals surface area contributed by atoms with E-state index in [2.05, 4.69) is 57.4 Å². The molecule has 1 saturated heterocycles. The highest BCUT2D eigenvalue weighted by molar-refractivity contribution is 7.10. The number of ether oxygens (including phenoxy) is 1. The van der Waals surface area contributed by atoms with Crippen molar-refractivity contribution in [1.82, 2.24) is 14.8 Å². The highest BCUT2D eigenvalue weighted by atomic mass is 32.1. The van der Waals surface area contributed by atoms with Gasteiger partial charge in [-0.1, -0.05) is 12.1 Å². The number of carboxylic acids is 3. The van der Waals surface area contributed by atoms with E-state index in [4.69, 9.17) is 25.2 Å². The molecule has 1 aliphatic heterocycles. The minimum Gasteiger partial charge on any atom is -0.481 e. The number of fused-ring (bicyclic) bond motifs is 1. The zero-order chi connectivity index (χ0) is 29.8. The lowest BCUT2D eigenvalue weighted by Gasteiger charge is -2.28. The number of aliphatic hydroxyl groups is 1. The van der Waals surface area contributed by atoms with Crippen LogP contribution in [0.4, 0.5) is 0 Å². The van der Waals surface area contributed by atoms with Gasteiger partial charge in [-0.15, -0.1) is 11.3 Å². The predicted molar refractivity (Wildman–Crippen MR) is 154 cm³/mol. The molecule has 3 heterocycles. The van der Waals surface area contributed by atoms with Crippen LogP contribution in [0.5, 0.6) is 0 Å². The predicted octanol–water partition coefficient (Wildman–Crippen LogP) is 3.08. The Kier molecular flexibility index (Phi) is 12.2. The molecule has 4 rings (SSSR count). The van der Waals surface area contributed by atoms with Gasteiger partial charge in [0.15, 0.2) is 5.60 Å². The second-order valence-electron chi connectivity index (χ2n) is 10.1. The summed E-state index contributed by atoms with van der Waals surface area (Å²) in [4.78, 5) is 41.5. The SMILES string of the molecule is Cc1ccsc1CN(CCCN1CCOCC1)Cc1ccc2ncccc2c1.O=C(O)CC(O)(CC(=O)O)C(=O)O. The topological polar surface area (TPSA) is 161 Å². The van der Waals surface area contributed by atoms with Crippen LogP contribution in [-0.2, 0) is 32.2 Å². The number of hydrogen-bond acceptors (Lipinski definition) is 9. The molecule has 1 aliphatic rings. The largest absolute Gasteiger partial charge is 0.481 e. The lowest BCUT2D eigenvalue weighted by Crippen LogP contribution is -2.42. The molecule has 0 bridgehead atoms. The minimum atomic E-state index is -2.74. The molecule has 0 spiro atoms. The third kappa shape index (κ3) is 10.5. The first kappa shape index (κ1) is 32.1. The van der Waals surface area contributed by atoms with Crippen LogP contribution in [0.2, 0.25) is 0 Å². The number of thiophene rings is 1. The number of carboxylic acid groups (broad SMARTS) is 3. The van der Waals surface area contributed by atoms with E-state index in [0.29, 0.717) is 0 Å². The van der Waals surface area contributed by atoms with Crippen LogP contribution < -0.4 is 0 Å². The Labute approximate surface area is 242 Å². The maximum atomic E-state index is 10.3. The number of carbonyl (C=O) groups is 3. The molecule has 0 amide bonds. The third-order valence-corrected chi connectivity index (χ3v) is 7.75. The molecular weight excluding hydrogens is 550 g/mol. The summed E-state index contributed by atoms with van der Waals surface area (Å²) >= 11 is 1.87. The second-order valence-corrected chi connectivity index (χ2v) is 11.1. The van der Waals surface area contributed by atoms with Crippen LogP contribution in [0.25, 0.3) is 10.9 Å². The standard InChI is InChI=1S/C23H29N3OS.C6H8O7/c1-19-7-15-28-23(19)18-26(10-3-9-25-11-13-27-14-12-25)17-20-5-6-22-21(16-20)4-2-8-24-22;7-3(8)1-6(13,5(11)12)2-4(9)10/h2,4-8,15-16H,3,9-14,17-18H2,1H3;13H,1-2H2,(H,7,8)(H,9,10)(H,11,12). The summed E-state index contributed by atoms with van der Waals surface area (Å²) in [5, 5.41) is 37.2. The Balaban J connectivity index is 0.000000302. The zero-order valence-electron chi connectivity index (χ0n) is 23.1. The molecule has 0 atom stereocenters. The van der Waals surface area contributed by atoms with Crippen molar-refractivity contribution in [3.63, 3.8) is 0 Å². The van der Waals surface area contributed by atoms with E-state index in [1.54, 1.807) is 0 Å². The van der Waals surface area contributed by atoms with E-state index >= 15 is 0 Å². The smallest absolute Gasteiger partial charge is 0.336 e. The summed E-state index contributed by atoms with van der Waals surface area (Å²) in [6.45, 7) is 10.4. The van der Waals surface area contributed by atoms with Gasteiger partial charge in [-0.2, -0.15) is 0 Å². The second kappa shape index (κ2) is 15.5. The fraction of sp³-hybridized carbons (Fsp3) is 0.448. The number of nitrogens with zero attached hydrogens (tertiary/aromatic N) is 3. The van der Waals surface area contributed by atoms with Crippen molar-refractivity contribution in [2.45, 2.75) is 44.9 Å². The summed E-state index contributed by atoms with van der Waals surface area (Å²) in [5.74, 6) is -5.02. The molecule has 0 aliphatic carbocycles. The normalized spacial score (nSPS) is 14.0. The number of aromatic nitrogens is 1. The van der Waals surface area contributed by atoms with Gasteiger partial charge in [0.25, 0.3) is 0 Å². The molecule has 222 valence electrons. The van der Waals surface area contributed by atoms with E-state index in [-0.39, 0.29) is 0 Å². The van der Waals surface area contributed by atoms with Gasteiger partial charge in [-0.25, -0.2) is 4.79 Å². The summed E-state index contributed by atoms with van der Waals surface area (Å²) in [6.07, 6.45) is 0.766. The van der Waals surface area contributed by atoms with Gasteiger partial charge in [0.2, 0.25) is 0 Å². The van der Waals surface area contributed by atoms with E-state index in [9.17, 15) is 14.4 Å². The average molecular weight is 588 g/mol. The highest BCUT2D eigenvalue weighted by Crippen LogP contribution is 2.21. The fourth-order valence-corrected chi connectivity index (χ4v) is 5.47. The number of benzene rings is 1. The van der Waals surface area contributed by atoms with Gasteiger partial charge in [-0.3, -0.25) is 24.4 Å². The summed E-state index contributed by atoms with van der Waals surface area (Å²) < 4.78 is 5.47. The Morgan fingerprint density at radius 2 is 1.76 bits per heavy atom. The molecule has 0 unspecified atom stereocenters. The molecule has 0 radical (unpaired) electrons. The number of pyridine rings is 1. The van der Waals surface area contributed by atoms with E-state index < -0.39 is 36.4 Å². The maximum Gasteiger partial charge on any atom is 0.336 e. The van der Waals surface area contributed by atoms with Crippen LogP contribution in [0.3, 0.4) is 0 Å². The molecule has 3 aromatic rings. The number of rotatable bonds is 13. The van der Waals surface area contributed by atoms with Gasteiger partial charge >= 0.3 is 17.9 Å². The Morgan fingerprint density at radius 3 is 2.37 bits per heavy atom. The number of hydrogen-bond donors (Lipinski definition) is 4. The van der Waals surface area contributed by atoms with E-state index in [1.165, 1.54) is 27.8 Å². The van der Waals surface area contributed by atoms with Crippen LogP contribution in [0.15, 0.2) is 48.0 Å². The first-order chi connectivity index (χ1) is 19.6. The molecule has 4 N–H and O–H groups in total. The highest BCUT2D eigenvalue weighted by Gasteiger charge is 2.40. The lowest BCUT2D eigenvalue weighted by molar-refractivity contribution is -0.170. The van der Waals surface area contributed by atoms with E-state index in [1.807, 2.05) is 23.6 Å². The van der Waals surface area contributed by atoms with Gasteiger partial charge in [0, 0.05) is 49.2 Å². The number of aliphatic carboxylic acids is 3. The molecule has 2 aromatic heterocycles. The fourth-order valence-electron chi connectivity index (χ4n) is 4.52. The van der Waals surface area contributed by atoms with Crippen molar-refractivity contribution < 1.29 is 39.5 Å². The Bertz CT molecular complexity index is 1290. The molecular formula is C29H37N3O8S. The first-order valence-corrected chi connectivity index (χ1v) is 14.2. The molecule has 41 heavy (non-hydrogen) atoms. The van der Waals surface area contributed by atoms with Crippen molar-refractivity contribution in [3.05, 3.63) is 64.0 Å². The molecule has 12 heteroatoms. The Morgan fingerprint density at radius 1 is 1.05 bits per heavy atom. The first-order valence-electron chi connectivity index (χ1n) is 13.3. The van der Waals surface area contributed by atoms with Crippen LogP contribution in [-0.4, -0.2) is 98.1 Å². The monoisotopic (exact) mass is 587 g/mol. The average Bonchev–Trinajstić information content (AvgIpc) is 3.32. The summed E-state index contributed by atoms with van der Waals surface area (Å²) in [5.41, 5.74) is 1.10. The molecule has 1 fully saturated rings. The Hall–Kier alpha value is -3.42. The van der Waals surface area contributed by atoms with Crippen molar-refractivity contribution in [2.75, 3.05) is 39.4 Å².